The van der Waals surface area contributed by atoms with E-state index in [4.69, 9.17) is 0 Å². The van der Waals surface area contributed by atoms with Crippen molar-refractivity contribution in [2.75, 3.05) is 18.4 Å². The van der Waals surface area contributed by atoms with Gasteiger partial charge in [-0.3, -0.25) is 23.9 Å². The predicted molar refractivity (Wildman–Crippen MR) is 142 cm³/mol. The maximum absolute atomic E-state index is 13.3. The number of halogens is 4. The molecule has 42 heavy (non-hydrogen) atoms. The highest BCUT2D eigenvalue weighted by Crippen LogP contribution is 2.34. The lowest BCUT2D eigenvalue weighted by molar-refractivity contribution is -0.150. The van der Waals surface area contributed by atoms with Crippen LogP contribution in [0.25, 0.3) is 0 Å². The van der Waals surface area contributed by atoms with Crippen molar-refractivity contribution in [1.29, 1.82) is 0 Å². The number of anilines is 1. The average Bonchev–Trinajstić information content (AvgIpc) is 3.56. The van der Waals surface area contributed by atoms with E-state index in [0.29, 0.717) is 30.9 Å². The second-order valence-corrected chi connectivity index (χ2v) is 10.8. The number of likely N-dealkylation sites (tertiary alicyclic amines) is 1. The van der Waals surface area contributed by atoms with Crippen LogP contribution in [0, 0.1) is 18.2 Å². The van der Waals surface area contributed by atoms with Gasteiger partial charge < -0.3 is 15.3 Å². The van der Waals surface area contributed by atoms with E-state index in [1.165, 1.54) is 30.6 Å². The second kappa shape index (κ2) is 12.0. The fraction of sp³-hybridized carbons (Fsp3) is 0.407. The number of amides is 2. The first-order chi connectivity index (χ1) is 19.8. The van der Waals surface area contributed by atoms with Crippen molar-refractivity contribution in [3.8, 4) is 0 Å². The van der Waals surface area contributed by atoms with E-state index < -0.39 is 40.8 Å². The number of carboxylic acid groups (broad SMARTS) is 1. The number of Topliss-reactive ketones (excluding diaryl/α,β-unsaturated/α-hetero) is 1. The number of rotatable bonds is 9. The number of thiazole rings is 1. The van der Waals surface area contributed by atoms with E-state index in [2.05, 4.69) is 15.4 Å². The molecular formula is C27H27F4N5O5S. The summed E-state index contributed by atoms with van der Waals surface area (Å²) in [4.78, 5) is 57.2. The van der Waals surface area contributed by atoms with Gasteiger partial charge >= 0.3 is 12.1 Å². The standard InChI is InChI=1S/C27H27F4N5O5S/c1-3-26(25(40)41,22(38)16-4-6-18(28)7-5-16)24(39)33-20-14-42-23(32-20)17-8-10-35(11-9-17)21(37)13-36-15(2)12-19(34-36)27(29,30)31/h4-7,12,14,17H,3,8-11,13H2,1-2H3,(H,33,39)(H,40,41). The number of aromatic nitrogens is 3. The average molecular weight is 610 g/mol. The Morgan fingerprint density at radius 2 is 1.76 bits per heavy atom. The van der Waals surface area contributed by atoms with Crippen LogP contribution in [0.3, 0.4) is 0 Å². The molecular weight excluding hydrogens is 582 g/mol. The summed E-state index contributed by atoms with van der Waals surface area (Å²) in [7, 11) is 0. The van der Waals surface area contributed by atoms with Crippen LogP contribution in [-0.4, -0.2) is 61.4 Å². The van der Waals surface area contributed by atoms with Crippen LogP contribution < -0.4 is 5.32 Å². The molecule has 0 spiro atoms. The molecule has 15 heteroatoms. The second-order valence-electron chi connectivity index (χ2n) is 9.91. The summed E-state index contributed by atoms with van der Waals surface area (Å²) in [5.74, 6) is -4.70. The van der Waals surface area contributed by atoms with Gasteiger partial charge in [-0.15, -0.1) is 11.3 Å². The molecule has 1 aromatic carbocycles. The molecule has 3 heterocycles. The van der Waals surface area contributed by atoms with Crippen LogP contribution in [0.5, 0.6) is 0 Å². The topological polar surface area (TPSA) is 134 Å². The third-order valence-electron chi connectivity index (χ3n) is 7.29. The molecule has 0 radical (unpaired) electrons. The third kappa shape index (κ3) is 6.20. The van der Waals surface area contributed by atoms with Crippen LogP contribution in [0.15, 0.2) is 35.7 Å². The molecule has 1 fully saturated rings. The number of alkyl halides is 3. The van der Waals surface area contributed by atoms with Crippen LogP contribution in [0.1, 0.15) is 58.9 Å². The minimum atomic E-state index is -4.60. The monoisotopic (exact) mass is 609 g/mol. The maximum Gasteiger partial charge on any atom is 0.435 e. The minimum absolute atomic E-state index is 0.0686. The summed E-state index contributed by atoms with van der Waals surface area (Å²) < 4.78 is 53.1. The Labute approximate surface area is 241 Å². The molecule has 1 atom stereocenters. The molecule has 0 bridgehead atoms. The Kier molecular flexibility index (Phi) is 8.80. The van der Waals surface area contributed by atoms with E-state index in [9.17, 15) is 41.8 Å². The lowest BCUT2D eigenvalue weighted by Crippen LogP contribution is -2.49. The summed E-state index contributed by atoms with van der Waals surface area (Å²) in [5, 5.41) is 18.0. The number of carboxylic acids is 1. The Hall–Kier alpha value is -4.14. The zero-order chi connectivity index (χ0) is 30.8. The summed E-state index contributed by atoms with van der Waals surface area (Å²) in [6.45, 7) is 3.18. The number of carbonyl (C=O) groups excluding carboxylic acids is 3. The fourth-order valence-electron chi connectivity index (χ4n) is 4.79. The number of nitrogens with zero attached hydrogens (tertiary/aromatic N) is 4. The Morgan fingerprint density at radius 3 is 2.31 bits per heavy atom. The van der Waals surface area contributed by atoms with E-state index in [1.54, 1.807) is 4.90 Å². The minimum Gasteiger partial charge on any atom is -0.480 e. The number of carbonyl (C=O) groups is 4. The number of piperidine rings is 1. The van der Waals surface area contributed by atoms with Gasteiger partial charge in [0.25, 0.3) is 5.91 Å². The SMILES string of the molecule is CCC(C(=O)O)(C(=O)Nc1csc(C2CCN(C(=O)Cn3nc(C(F)(F)F)cc3C)CC2)n1)C(=O)c1ccc(F)cc1. The lowest BCUT2D eigenvalue weighted by atomic mass is 9.77. The number of aliphatic carboxylic acids is 1. The number of hydrogen-bond acceptors (Lipinski definition) is 7. The zero-order valence-corrected chi connectivity index (χ0v) is 23.4. The van der Waals surface area contributed by atoms with Crippen molar-refractivity contribution in [3.05, 3.63) is 63.5 Å². The van der Waals surface area contributed by atoms with E-state index in [0.717, 1.165) is 35.0 Å². The molecule has 1 unspecified atom stereocenters. The third-order valence-corrected chi connectivity index (χ3v) is 8.30. The number of aryl methyl sites for hydroxylation is 1. The first-order valence-corrected chi connectivity index (χ1v) is 13.8. The van der Waals surface area contributed by atoms with Gasteiger partial charge in [0.1, 0.15) is 18.2 Å². The molecule has 0 aliphatic carbocycles. The highest BCUT2D eigenvalue weighted by molar-refractivity contribution is 7.10. The molecule has 1 aliphatic heterocycles. The maximum atomic E-state index is 13.3. The van der Waals surface area contributed by atoms with Gasteiger partial charge in [0.2, 0.25) is 11.3 Å². The number of nitrogens with one attached hydrogen (secondary N) is 1. The normalized spacial score (nSPS) is 15.7. The van der Waals surface area contributed by atoms with Gasteiger partial charge in [-0.25, -0.2) is 9.37 Å². The molecule has 0 saturated carbocycles. The van der Waals surface area contributed by atoms with Gasteiger partial charge in [0.15, 0.2) is 11.5 Å². The van der Waals surface area contributed by atoms with Crippen LogP contribution in [0.2, 0.25) is 0 Å². The number of hydrogen-bond donors (Lipinski definition) is 2. The van der Waals surface area contributed by atoms with Crippen molar-refractivity contribution >= 4 is 40.7 Å². The predicted octanol–water partition coefficient (Wildman–Crippen LogP) is 4.51. The molecule has 2 amide bonds. The lowest BCUT2D eigenvalue weighted by Gasteiger charge is -2.31. The number of ketones is 1. The highest BCUT2D eigenvalue weighted by atomic mass is 32.1. The molecule has 1 aliphatic rings. The Bertz CT molecular complexity index is 1500. The quantitative estimate of drug-likeness (QED) is 0.207. The van der Waals surface area contributed by atoms with Crippen LogP contribution in [0.4, 0.5) is 23.4 Å². The molecule has 4 rings (SSSR count). The molecule has 2 N–H and O–H groups in total. The first-order valence-electron chi connectivity index (χ1n) is 13.0. The first kappa shape index (κ1) is 30.8. The Balaban J connectivity index is 1.39. The van der Waals surface area contributed by atoms with Crippen molar-refractivity contribution in [3.63, 3.8) is 0 Å². The van der Waals surface area contributed by atoms with Crippen molar-refractivity contribution in [1.82, 2.24) is 19.7 Å². The van der Waals surface area contributed by atoms with Crippen molar-refractivity contribution in [2.24, 2.45) is 5.41 Å². The van der Waals surface area contributed by atoms with Crippen LogP contribution in [-0.2, 0) is 27.1 Å². The van der Waals surface area contributed by atoms with E-state index in [-0.39, 0.29) is 41.9 Å². The molecule has 1 saturated heterocycles. The van der Waals surface area contributed by atoms with E-state index in [1.807, 2.05) is 0 Å². The molecule has 224 valence electrons. The van der Waals surface area contributed by atoms with Crippen molar-refractivity contribution < 1.29 is 41.8 Å². The van der Waals surface area contributed by atoms with Gasteiger partial charge in [-0.05, 0) is 56.5 Å². The summed E-state index contributed by atoms with van der Waals surface area (Å²) in [6, 6.07) is 5.12. The number of benzene rings is 1. The summed E-state index contributed by atoms with van der Waals surface area (Å²) >= 11 is 1.23. The van der Waals surface area contributed by atoms with Gasteiger partial charge in [-0.1, -0.05) is 6.92 Å². The summed E-state index contributed by atoms with van der Waals surface area (Å²) in [5.41, 5.74) is -3.42. The smallest absolute Gasteiger partial charge is 0.435 e. The molecule has 3 aromatic rings. The fourth-order valence-corrected chi connectivity index (χ4v) is 5.71. The molecule has 10 nitrogen and oxygen atoms in total. The molecule has 2 aromatic heterocycles. The van der Waals surface area contributed by atoms with Crippen molar-refractivity contribution in [2.45, 2.75) is 51.7 Å². The Morgan fingerprint density at radius 1 is 1.12 bits per heavy atom. The van der Waals surface area contributed by atoms with Gasteiger partial charge in [0.05, 0.1) is 5.01 Å². The highest BCUT2D eigenvalue weighted by Gasteiger charge is 2.52. The van der Waals surface area contributed by atoms with Gasteiger partial charge in [-0.2, -0.15) is 18.3 Å². The largest absolute Gasteiger partial charge is 0.480 e. The van der Waals surface area contributed by atoms with Gasteiger partial charge in [0, 0.05) is 35.6 Å². The van der Waals surface area contributed by atoms with E-state index >= 15 is 0 Å². The summed E-state index contributed by atoms with van der Waals surface area (Å²) in [6.07, 6.45) is -3.94. The zero-order valence-electron chi connectivity index (χ0n) is 22.6. The van der Waals surface area contributed by atoms with Crippen LogP contribution >= 0.6 is 11.3 Å².